The van der Waals surface area contributed by atoms with Crippen molar-refractivity contribution in [3.8, 4) is 0 Å². The molecule has 0 aromatic rings. The number of halogens is 2. The second-order valence-corrected chi connectivity index (χ2v) is 1.74. The second kappa shape index (κ2) is 5.82. The molecule has 0 spiro atoms. The van der Waals surface area contributed by atoms with Crippen LogP contribution < -0.4 is 0 Å². The monoisotopic (exact) mass is 167 g/mol. The molecule has 0 saturated heterocycles. The first-order valence-electron chi connectivity index (χ1n) is 1.15. The SMILES string of the molecule is O=C(O)C(Cl)Cl.[K]. The molecule has 1 N–H and O–H groups in total. The Morgan fingerprint density at radius 1 is 1.57 bits per heavy atom. The standard InChI is InChI=1S/C2H2Cl2O2.K/c3-1(4)2(5)6;/h1H,(H,5,6);. The molecule has 0 aliphatic rings. The molecule has 0 heterocycles. The van der Waals surface area contributed by atoms with Gasteiger partial charge in [-0.3, -0.25) is 0 Å². The summed E-state index contributed by atoms with van der Waals surface area (Å²) in [6, 6.07) is 0. The minimum absolute atomic E-state index is 0. The van der Waals surface area contributed by atoms with Gasteiger partial charge in [-0.2, -0.15) is 0 Å². The summed E-state index contributed by atoms with van der Waals surface area (Å²) in [5.74, 6) is -1.21. The summed E-state index contributed by atoms with van der Waals surface area (Å²) in [4.78, 5) is 8.15. The van der Waals surface area contributed by atoms with Gasteiger partial charge in [-0.15, -0.1) is 0 Å². The zero-order valence-electron chi connectivity index (χ0n) is 3.69. The van der Waals surface area contributed by atoms with E-state index in [2.05, 4.69) is 0 Å². The van der Waals surface area contributed by atoms with Crippen molar-refractivity contribution < 1.29 is 9.90 Å². The Kier molecular flexibility index (Phi) is 9.54. The molecule has 0 unspecified atom stereocenters. The third-order valence-corrected chi connectivity index (χ3v) is 0.560. The van der Waals surface area contributed by atoms with E-state index in [1.165, 1.54) is 0 Å². The number of alkyl halides is 2. The van der Waals surface area contributed by atoms with Gasteiger partial charge in [0, 0.05) is 51.4 Å². The number of aliphatic carboxylic acids is 1. The Morgan fingerprint density at radius 3 is 1.71 bits per heavy atom. The van der Waals surface area contributed by atoms with Crippen molar-refractivity contribution in [3.63, 3.8) is 0 Å². The Balaban J connectivity index is 0. The van der Waals surface area contributed by atoms with Crippen molar-refractivity contribution in [2.45, 2.75) is 4.84 Å². The van der Waals surface area contributed by atoms with Crippen LogP contribution in [0.3, 0.4) is 0 Å². The van der Waals surface area contributed by atoms with E-state index < -0.39 is 10.8 Å². The molecule has 0 aromatic heterocycles. The van der Waals surface area contributed by atoms with E-state index in [0.717, 1.165) is 0 Å². The van der Waals surface area contributed by atoms with Crippen LogP contribution in [-0.4, -0.2) is 67.3 Å². The fourth-order valence-corrected chi connectivity index (χ4v) is 0. The zero-order chi connectivity index (χ0) is 5.15. The van der Waals surface area contributed by atoms with Gasteiger partial charge in [-0.1, -0.05) is 23.2 Å². The van der Waals surface area contributed by atoms with E-state index in [4.69, 9.17) is 28.3 Å². The van der Waals surface area contributed by atoms with E-state index in [-0.39, 0.29) is 51.4 Å². The fraction of sp³-hybridized carbons (Fsp3) is 0.500. The van der Waals surface area contributed by atoms with Crippen molar-refractivity contribution in [3.05, 3.63) is 0 Å². The van der Waals surface area contributed by atoms with Gasteiger partial charge in [0.15, 0.2) is 0 Å². The van der Waals surface area contributed by atoms with Crippen molar-refractivity contribution in [2.24, 2.45) is 0 Å². The van der Waals surface area contributed by atoms with E-state index >= 15 is 0 Å². The van der Waals surface area contributed by atoms with Gasteiger partial charge in [-0.05, 0) is 0 Å². The summed E-state index contributed by atoms with van der Waals surface area (Å²) >= 11 is 9.56. The first-order valence-corrected chi connectivity index (χ1v) is 2.03. The Bertz CT molecular complexity index is 64.7. The van der Waals surface area contributed by atoms with Crippen LogP contribution in [0.25, 0.3) is 0 Å². The number of rotatable bonds is 1. The molecule has 0 saturated carbocycles. The third kappa shape index (κ3) is 7.69. The van der Waals surface area contributed by atoms with Crippen LogP contribution in [0.15, 0.2) is 0 Å². The summed E-state index contributed by atoms with van der Waals surface area (Å²) in [5.41, 5.74) is 0. The smallest absolute Gasteiger partial charge is 0.337 e. The number of hydrogen-bond donors (Lipinski definition) is 1. The molecule has 5 heteroatoms. The minimum Gasteiger partial charge on any atom is -0.479 e. The Hall–Kier alpha value is 1.69. The fourth-order valence-electron chi connectivity index (χ4n) is 0. The van der Waals surface area contributed by atoms with E-state index in [1.54, 1.807) is 0 Å². The van der Waals surface area contributed by atoms with Crippen molar-refractivity contribution in [2.75, 3.05) is 0 Å². The first-order chi connectivity index (χ1) is 2.64. The summed E-state index contributed by atoms with van der Waals surface area (Å²) in [6.07, 6.45) is 0. The topological polar surface area (TPSA) is 37.3 Å². The van der Waals surface area contributed by atoms with Gasteiger partial charge in [-0.25, -0.2) is 4.79 Å². The van der Waals surface area contributed by atoms with Crippen molar-refractivity contribution >= 4 is 80.6 Å². The quantitative estimate of drug-likeness (QED) is 0.457. The molecular formula is C2H2Cl2KO2. The molecule has 1 radical (unpaired) electrons. The predicted octanol–water partition coefficient (Wildman–Crippen LogP) is 0.494. The molecule has 0 aromatic carbocycles. The van der Waals surface area contributed by atoms with Crippen LogP contribution in [0, 0.1) is 0 Å². The van der Waals surface area contributed by atoms with Gasteiger partial charge in [0.1, 0.15) is 0 Å². The number of carboxylic acid groups (broad SMARTS) is 1. The van der Waals surface area contributed by atoms with Crippen molar-refractivity contribution in [1.29, 1.82) is 0 Å². The van der Waals surface area contributed by atoms with Crippen molar-refractivity contribution in [1.82, 2.24) is 0 Å². The van der Waals surface area contributed by atoms with Crippen LogP contribution >= 0.6 is 23.2 Å². The van der Waals surface area contributed by atoms with Gasteiger partial charge in [0.25, 0.3) is 0 Å². The second-order valence-electron chi connectivity index (χ2n) is 0.639. The average Bonchev–Trinajstić information content (AvgIpc) is 1.36. The Labute approximate surface area is 93.6 Å². The molecule has 2 nitrogen and oxygen atoms in total. The normalized spacial score (nSPS) is 7.86. The van der Waals surface area contributed by atoms with Crippen LogP contribution in [0.5, 0.6) is 0 Å². The molecule has 37 valence electrons. The van der Waals surface area contributed by atoms with Crippen LogP contribution in [0.2, 0.25) is 0 Å². The number of hydrogen-bond acceptors (Lipinski definition) is 1. The van der Waals surface area contributed by atoms with Gasteiger partial charge in [0.05, 0.1) is 0 Å². The molecule has 0 fully saturated rings. The summed E-state index contributed by atoms with van der Waals surface area (Å²) in [7, 11) is 0. The van der Waals surface area contributed by atoms with E-state index in [9.17, 15) is 4.79 Å². The van der Waals surface area contributed by atoms with E-state index in [0.29, 0.717) is 0 Å². The summed E-state index contributed by atoms with van der Waals surface area (Å²) in [5, 5.41) is 7.73. The molecule has 0 bridgehead atoms. The van der Waals surface area contributed by atoms with E-state index in [1.807, 2.05) is 0 Å². The maximum atomic E-state index is 9.44. The molecule has 0 rings (SSSR count). The predicted molar refractivity (Wildman–Crippen MR) is 28.9 cm³/mol. The van der Waals surface area contributed by atoms with Gasteiger partial charge >= 0.3 is 5.97 Å². The average molecular weight is 168 g/mol. The summed E-state index contributed by atoms with van der Waals surface area (Å²) < 4.78 is 0. The molecule has 0 atom stereocenters. The first kappa shape index (κ1) is 11.5. The third-order valence-electron chi connectivity index (χ3n) is 0.187. The molecule has 0 aliphatic carbocycles. The molecule has 0 aliphatic heterocycles. The molecular weight excluding hydrogens is 166 g/mol. The number of carbonyl (C=O) groups is 1. The molecule has 0 amide bonds. The Morgan fingerprint density at radius 2 is 1.71 bits per heavy atom. The summed E-state index contributed by atoms with van der Waals surface area (Å²) in [6.45, 7) is 0. The maximum absolute atomic E-state index is 9.44. The van der Waals surface area contributed by atoms with Crippen LogP contribution in [0.4, 0.5) is 0 Å². The number of carboxylic acids is 1. The molecule has 7 heavy (non-hydrogen) atoms. The maximum Gasteiger partial charge on any atom is 0.337 e. The van der Waals surface area contributed by atoms with Gasteiger partial charge < -0.3 is 5.11 Å². The zero-order valence-corrected chi connectivity index (χ0v) is 8.32. The van der Waals surface area contributed by atoms with Gasteiger partial charge in [0.2, 0.25) is 4.84 Å². The minimum atomic E-state index is -1.29. The largest absolute Gasteiger partial charge is 0.479 e. The van der Waals surface area contributed by atoms with Crippen LogP contribution in [-0.2, 0) is 4.79 Å². The van der Waals surface area contributed by atoms with Crippen LogP contribution in [0.1, 0.15) is 0 Å².